The molecule has 0 aliphatic heterocycles. The van der Waals surface area contributed by atoms with Crippen LogP contribution in [0.5, 0.6) is 0 Å². The lowest BCUT2D eigenvalue weighted by Crippen LogP contribution is -1.89. The van der Waals surface area contributed by atoms with Crippen molar-refractivity contribution in [2.75, 3.05) is 11.1 Å². The first kappa shape index (κ1) is 15.8. The summed E-state index contributed by atoms with van der Waals surface area (Å²) in [6.07, 6.45) is 0. The van der Waals surface area contributed by atoms with Gasteiger partial charge in [-0.05, 0) is 47.9 Å². The van der Waals surface area contributed by atoms with E-state index in [0.717, 1.165) is 48.8 Å². The molecule has 0 bridgehead atoms. The van der Waals surface area contributed by atoms with Gasteiger partial charge in [0.25, 0.3) is 0 Å². The standard InChI is InChI=1S/C21H16N4OS/c1-12-9-15(22)11-18-19(12)24-21(27-18)25-20-23-16-10-14(7-8-17(16)26-20)13-5-3-2-4-6-13/h2-11H,22H2,1H3,(H,23,24,25). The van der Waals surface area contributed by atoms with Gasteiger partial charge in [0, 0.05) is 5.69 Å². The molecule has 5 nitrogen and oxygen atoms in total. The van der Waals surface area contributed by atoms with E-state index in [1.807, 2.05) is 55.5 Å². The zero-order valence-corrected chi connectivity index (χ0v) is 15.4. The molecule has 2 aromatic heterocycles. The highest BCUT2D eigenvalue weighted by Gasteiger charge is 2.12. The van der Waals surface area contributed by atoms with Crippen LogP contribution in [-0.2, 0) is 0 Å². The minimum Gasteiger partial charge on any atom is -0.423 e. The number of rotatable bonds is 3. The molecular weight excluding hydrogens is 356 g/mol. The van der Waals surface area contributed by atoms with Crippen LogP contribution in [0.15, 0.2) is 65.1 Å². The number of nitrogens with one attached hydrogen (secondary N) is 1. The SMILES string of the molecule is Cc1cc(N)cc2sc(Nc3nc4cc(-c5ccccc5)ccc4o3)nc12. The van der Waals surface area contributed by atoms with Crippen LogP contribution in [0.3, 0.4) is 0 Å². The molecule has 3 aromatic carbocycles. The normalized spacial score (nSPS) is 11.3. The summed E-state index contributed by atoms with van der Waals surface area (Å²) in [7, 11) is 0. The first-order valence-corrected chi connectivity index (χ1v) is 9.37. The van der Waals surface area contributed by atoms with Crippen LogP contribution in [0, 0.1) is 6.92 Å². The quantitative estimate of drug-likeness (QED) is 0.395. The number of fused-ring (bicyclic) bond motifs is 2. The molecule has 5 rings (SSSR count). The number of benzene rings is 3. The maximum absolute atomic E-state index is 5.93. The molecule has 2 heterocycles. The molecule has 5 aromatic rings. The Labute approximate surface area is 159 Å². The zero-order chi connectivity index (χ0) is 18.4. The lowest BCUT2D eigenvalue weighted by Gasteiger charge is -1.99. The first-order valence-electron chi connectivity index (χ1n) is 8.55. The third-order valence-corrected chi connectivity index (χ3v) is 5.33. The predicted molar refractivity (Wildman–Crippen MR) is 111 cm³/mol. The molecule has 132 valence electrons. The Morgan fingerprint density at radius 2 is 1.81 bits per heavy atom. The average molecular weight is 372 g/mol. The molecule has 0 atom stereocenters. The predicted octanol–water partition coefficient (Wildman–Crippen LogP) is 5.74. The molecule has 0 aliphatic carbocycles. The zero-order valence-electron chi connectivity index (χ0n) is 14.6. The van der Waals surface area contributed by atoms with Crippen LogP contribution in [0.1, 0.15) is 5.56 Å². The largest absolute Gasteiger partial charge is 0.423 e. The Balaban J connectivity index is 1.49. The van der Waals surface area contributed by atoms with E-state index in [1.165, 1.54) is 11.3 Å². The van der Waals surface area contributed by atoms with E-state index in [9.17, 15) is 0 Å². The second-order valence-electron chi connectivity index (χ2n) is 6.40. The molecule has 0 amide bonds. The van der Waals surface area contributed by atoms with Crippen molar-refractivity contribution in [3.05, 3.63) is 66.2 Å². The number of thiazole rings is 1. The van der Waals surface area contributed by atoms with Crippen LogP contribution >= 0.6 is 11.3 Å². The number of hydrogen-bond donors (Lipinski definition) is 2. The molecule has 0 aliphatic rings. The summed E-state index contributed by atoms with van der Waals surface area (Å²) < 4.78 is 6.87. The molecular formula is C21H16N4OS. The van der Waals surface area contributed by atoms with Crippen LogP contribution in [0.25, 0.3) is 32.4 Å². The van der Waals surface area contributed by atoms with Crippen molar-refractivity contribution in [2.45, 2.75) is 6.92 Å². The smallest absolute Gasteiger partial charge is 0.302 e. The fourth-order valence-electron chi connectivity index (χ4n) is 3.16. The molecule has 6 heteroatoms. The van der Waals surface area contributed by atoms with Gasteiger partial charge in [0.2, 0.25) is 0 Å². The highest BCUT2D eigenvalue weighted by molar-refractivity contribution is 7.22. The summed E-state index contributed by atoms with van der Waals surface area (Å²) in [4.78, 5) is 9.20. The first-order chi connectivity index (χ1) is 13.2. The Bertz CT molecular complexity index is 1270. The lowest BCUT2D eigenvalue weighted by atomic mass is 10.1. The van der Waals surface area contributed by atoms with Crippen molar-refractivity contribution in [3.8, 4) is 11.1 Å². The van der Waals surface area contributed by atoms with Crippen molar-refractivity contribution in [1.82, 2.24) is 9.97 Å². The van der Waals surface area contributed by atoms with Crippen molar-refractivity contribution in [2.24, 2.45) is 0 Å². The van der Waals surface area contributed by atoms with Gasteiger partial charge in [-0.25, -0.2) is 4.98 Å². The van der Waals surface area contributed by atoms with E-state index in [2.05, 4.69) is 27.4 Å². The van der Waals surface area contributed by atoms with Crippen LogP contribution < -0.4 is 11.1 Å². The fraction of sp³-hybridized carbons (Fsp3) is 0.0476. The molecule has 0 unspecified atom stereocenters. The minimum absolute atomic E-state index is 0.430. The van der Waals surface area contributed by atoms with E-state index >= 15 is 0 Å². The summed E-state index contributed by atoms with van der Waals surface area (Å²) in [6.45, 7) is 2.01. The molecule has 0 radical (unpaired) electrons. The molecule has 27 heavy (non-hydrogen) atoms. The second-order valence-corrected chi connectivity index (χ2v) is 7.43. The van der Waals surface area contributed by atoms with E-state index in [0.29, 0.717) is 6.01 Å². The Morgan fingerprint density at radius 3 is 2.67 bits per heavy atom. The van der Waals surface area contributed by atoms with Crippen LogP contribution in [0.2, 0.25) is 0 Å². The number of hydrogen-bond acceptors (Lipinski definition) is 6. The van der Waals surface area contributed by atoms with Gasteiger partial charge in [0.1, 0.15) is 5.52 Å². The summed E-state index contributed by atoms with van der Waals surface area (Å²) in [5, 5.41) is 3.91. The van der Waals surface area contributed by atoms with Crippen molar-refractivity contribution in [1.29, 1.82) is 0 Å². The molecule has 3 N–H and O–H groups in total. The highest BCUT2D eigenvalue weighted by Crippen LogP contribution is 2.33. The van der Waals surface area contributed by atoms with Crippen molar-refractivity contribution >= 4 is 49.5 Å². The Hall–Kier alpha value is -3.38. The van der Waals surface area contributed by atoms with Crippen LogP contribution in [0.4, 0.5) is 16.8 Å². The summed E-state index contributed by atoms with van der Waals surface area (Å²) in [5.74, 6) is 0. The second kappa shape index (κ2) is 6.10. The maximum atomic E-state index is 5.93. The summed E-state index contributed by atoms with van der Waals surface area (Å²) in [5.41, 5.74) is 12.5. The van der Waals surface area contributed by atoms with Gasteiger partial charge < -0.3 is 10.2 Å². The number of anilines is 3. The van der Waals surface area contributed by atoms with Crippen molar-refractivity contribution in [3.63, 3.8) is 0 Å². The van der Waals surface area contributed by atoms with Gasteiger partial charge in [-0.3, -0.25) is 5.32 Å². The Kier molecular flexibility index (Phi) is 3.58. The maximum Gasteiger partial charge on any atom is 0.302 e. The van der Waals surface area contributed by atoms with Gasteiger partial charge >= 0.3 is 6.01 Å². The topological polar surface area (TPSA) is 77.0 Å². The number of oxazole rings is 1. The summed E-state index contributed by atoms with van der Waals surface area (Å²) in [6, 6.07) is 20.5. The number of nitrogens with zero attached hydrogens (tertiary/aromatic N) is 2. The molecule has 0 fully saturated rings. The van der Waals surface area contributed by atoms with Crippen molar-refractivity contribution < 1.29 is 4.42 Å². The monoisotopic (exact) mass is 372 g/mol. The third-order valence-electron chi connectivity index (χ3n) is 4.42. The van der Waals surface area contributed by atoms with E-state index in [1.54, 1.807) is 0 Å². The van der Waals surface area contributed by atoms with Gasteiger partial charge in [-0.1, -0.05) is 47.7 Å². The van der Waals surface area contributed by atoms with E-state index < -0.39 is 0 Å². The summed E-state index contributed by atoms with van der Waals surface area (Å²) >= 11 is 1.53. The van der Waals surface area contributed by atoms with E-state index in [-0.39, 0.29) is 0 Å². The lowest BCUT2D eigenvalue weighted by molar-refractivity contribution is 0.623. The fourth-order valence-corrected chi connectivity index (χ4v) is 4.14. The van der Waals surface area contributed by atoms with Gasteiger partial charge in [-0.15, -0.1) is 0 Å². The Morgan fingerprint density at radius 1 is 0.963 bits per heavy atom. The highest BCUT2D eigenvalue weighted by atomic mass is 32.1. The van der Waals surface area contributed by atoms with Crippen LogP contribution in [-0.4, -0.2) is 9.97 Å². The van der Waals surface area contributed by atoms with E-state index in [4.69, 9.17) is 10.2 Å². The molecule has 0 saturated heterocycles. The number of nitrogens with two attached hydrogens (primary N) is 1. The number of aryl methyl sites for hydroxylation is 1. The molecule has 0 spiro atoms. The average Bonchev–Trinajstić information content (AvgIpc) is 3.25. The van der Waals surface area contributed by atoms with Gasteiger partial charge in [-0.2, -0.15) is 4.98 Å². The van der Waals surface area contributed by atoms with Gasteiger partial charge in [0.15, 0.2) is 10.7 Å². The molecule has 0 saturated carbocycles. The third kappa shape index (κ3) is 2.90. The number of nitrogen functional groups attached to an aromatic ring is 1. The van der Waals surface area contributed by atoms with Gasteiger partial charge in [0.05, 0.1) is 10.2 Å². The minimum atomic E-state index is 0.430. The number of aromatic nitrogens is 2.